The number of methoxy groups -OCH3 is 1. The zero-order chi connectivity index (χ0) is 18.9. The van der Waals surface area contributed by atoms with Crippen molar-refractivity contribution in [2.24, 2.45) is 11.8 Å². The van der Waals surface area contributed by atoms with Crippen LogP contribution in [0.2, 0.25) is 0 Å². The number of aliphatic hydroxyl groups excluding tert-OH is 1. The predicted octanol–water partition coefficient (Wildman–Crippen LogP) is 2.12. The summed E-state index contributed by atoms with van der Waals surface area (Å²) in [5.41, 5.74) is 2.54. The lowest BCUT2D eigenvalue weighted by atomic mass is 9.92. The van der Waals surface area contributed by atoms with E-state index < -0.39 is 11.8 Å². The summed E-state index contributed by atoms with van der Waals surface area (Å²) < 4.78 is 18.6. The van der Waals surface area contributed by atoms with Crippen molar-refractivity contribution in [3.8, 4) is 0 Å². The molecule has 0 bridgehead atoms. The molecule has 0 aliphatic carbocycles. The van der Waals surface area contributed by atoms with Crippen LogP contribution in [-0.2, 0) is 9.53 Å². The number of hydrogen-bond acceptors (Lipinski definition) is 5. The smallest absolute Gasteiger partial charge is 0.246 e. The lowest BCUT2D eigenvalue weighted by Crippen LogP contribution is -2.39. The highest BCUT2D eigenvalue weighted by atomic mass is 19.1. The minimum absolute atomic E-state index is 0.188. The van der Waals surface area contributed by atoms with E-state index in [2.05, 4.69) is 4.90 Å². The molecule has 1 amide bonds. The highest BCUT2D eigenvalue weighted by molar-refractivity contribution is 5.77. The topological polar surface area (TPSA) is 82.0 Å². The van der Waals surface area contributed by atoms with Crippen LogP contribution in [0.5, 0.6) is 0 Å². The van der Waals surface area contributed by atoms with Crippen LogP contribution in [-0.4, -0.2) is 54.5 Å². The molecule has 1 aliphatic rings. The van der Waals surface area contributed by atoms with E-state index >= 15 is 0 Å². The number of hydroxylamine groups is 1. The van der Waals surface area contributed by atoms with Gasteiger partial charge >= 0.3 is 0 Å². The maximum Gasteiger partial charge on any atom is 0.246 e. The SMILES string of the molecule is CO[C@H](C[C@H](CCN1CCCC(CO)C1)C(=O)NO)c1ccc(F)cc1. The van der Waals surface area contributed by atoms with Gasteiger partial charge in [-0.15, -0.1) is 0 Å². The van der Waals surface area contributed by atoms with Gasteiger partial charge < -0.3 is 14.7 Å². The van der Waals surface area contributed by atoms with Gasteiger partial charge in [0.2, 0.25) is 5.91 Å². The van der Waals surface area contributed by atoms with E-state index in [4.69, 9.17) is 9.94 Å². The van der Waals surface area contributed by atoms with Gasteiger partial charge in [-0.25, -0.2) is 9.87 Å². The average molecular weight is 368 g/mol. The van der Waals surface area contributed by atoms with Crippen molar-refractivity contribution in [3.05, 3.63) is 35.6 Å². The van der Waals surface area contributed by atoms with Crippen molar-refractivity contribution in [1.82, 2.24) is 10.4 Å². The molecule has 3 N–H and O–H groups in total. The van der Waals surface area contributed by atoms with E-state index in [1.54, 1.807) is 24.7 Å². The van der Waals surface area contributed by atoms with E-state index in [0.717, 1.165) is 31.5 Å². The molecule has 2 rings (SSSR count). The first-order chi connectivity index (χ1) is 12.6. The molecule has 1 aliphatic heterocycles. The fourth-order valence-corrected chi connectivity index (χ4v) is 3.59. The van der Waals surface area contributed by atoms with Crippen molar-refractivity contribution in [2.45, 2.75) is 31.8 Å². The van der Waals surface area contributed by atoms with Crippen molar-refractivity contribution in [1.29, 1.82) is 0 Å². The number of hydrogen-bond donors (Lipinski definition) is 3. The maximum atomic E-state index is 13.1. The van der Waals surface area contributed by atoms with Gasteiger partial charge in [0.25, 0.3) is 0 Å². The number of amides is 1. The number of likely N-dealkylation sites (tertiary alicyclic amines) is 1. The number of nitrogens with zero attached hydrogens (tertiary/aromatic N) is 1. The van der Waals surface area contributed by atoms with Gasteiger partial charge in [0.1, 0.15) is 5.82 Å². The molecule has 3 atom stereocenters. The fourth-order valence-electron chi connectivity index (χ4n) is 3.59. The first-order valence-corrected chi connectivity index (χ1v) is 9.12. The Kier molecular flexibility index (Phi) is 8.44. The van der Waals surface area contributed by atoms with E-state index in [-0.39, 0.29) is 18.5 Å². The summed E-state index contributed by atoms with van der Waals surface area (Å²) >= 11 is 0. The summed E-state index contributed by atoms with van der Waals surface area (Å²) in [5, 5.41) is 18.4. The van der Waals surface area contributed by atoms with Crippen LogP contribution in [0, 0.1) is 17.7 Å². The van der Waals surface area contributed by atoms with Crippen LogP contribution in [0.1, 0.15) is 37.4 Å². The number of aliphatic hydroxyl groups is 1. The largest absolute Gasteiger partial charge is 0.396 e. The molecule has 1 fully saturated rings. The van der Waals surface area contributed by atoms with Gasteiger partial charge in [-0.1, -0.05) is 12.1 Å². The summed E-state index contributed by atoms with van der Waals surface area (Å²) in [6.45, 7) is 2.69. The minimum atomic E-state index is -0.440. The average Bonchev–Trinajstić information content (AvgIpc) is 2.68. The summed E-state index contributed by atoms with van der Waals surface area (Å²) in [6.07, 6.45) is 2.68. The molecule has 1 saturated heterocycles. The molecule has 146 valence electrons. The second-order valence-corrected chi connectivity index (χ2v) is 6.96. The van der Waals surface area contributed by atoms with Crippen LogP contribution in [0.15, 0.2) is 24.3 Å². The van der Waals surface area contributed by atoms with E-state index in [0.29, 0.717) is 25.3 Å². The van der Waals surface area contributed by atoms with Crippen molar-refractivity contribution < 1.29 is 24.2 Å². The number of rotatable bonds is 9. The van der Waals surface area contributed by atoms with Crippen molar-refractivity contribution >= 4 is 5.91 Å². The van der Waals surface area contributed by atoms with E-state index in [9.17, 15) is 14.3 Å². The Labute approximate surface area is 153 Å². The third-order valence-electron chi connectivity index (χ3n) is 5.16. The van der Waals surface area contributed by atoms with Crippen LogP contribution in [0.25, 0.3) is 0 Å². The van der Waals surface area contributed by atoms with Crippen molar-refractivity contribution in [2.75, 3.05) is 33.4 Å². The Morgan fingerprint density at radius 2 is 2.15 bits per heavy atom. The molecule has 7 heteroatoms. The summed E-state index contributed by atoms with van der Waals surface area (Å²) in [7, 11) is 1.55. The number of carbonyl (C=O) groups excluding carboxylic acids is 1. The molecule has 1 heterocycles. The normalized spacial score (nSPS) is 20.5. The first-order valence-electron chi connectivity index (χ1n) is 9.12. The fraction of sp³-hybridized carbons (Fsp3) is 0.632. The Morgan fingerprint density at radius 3 is 2.77 bits per heavy atom. The van der Waals surface area contributed by atoms with Gasteiger partial charge in [0.15, 0.2) is 0 Å². The molecule has 1 unspecified atom stereocenters. The third-order valence-corrected chi connectivity index (χ3v) is 5.16. The quantitative estimate of drug-likeness (QED) is 0.459. The second-order valence-electron chi connectivity index (χ2n) is 6.96. The van der Waals surface area contributed by atoms with Crippen LogP contribution in [0.3, 0.4) is 0 Å². The molecule has 1 aromatic rings. The van der Waals surface area contributed by atoms with Gasteiger partial charge in [0.05, 0.1) is 6.10 Å². The number of nitrogens with one attached hydrogen (secondary N) is 1. The van der Waals surface area contributed by atoms with Crippen LogP contribution >= 0.6 is 0 Å². The monoisotopic (exact) mass is 368 g/mol. The molecule has 1 aromatic carbocycles. The first kappa shape index (κ1) is 20.8. The Bertz CT molecular complexity index is 555. The standard InChI is InChI=1S/C19H29FN2O4/c1-26-18(15-4-6-17(20)7-5-15)11-16(19(24)21-25)8-10-22-9-2-3-14(12-22)13-23/h4-7,14,16,18,23,25H,2-3,8-13H2,1H3,(H,21,24)/t14?,16-,18+/m0/s1. The lowest BCUT2D eigenvalue weighted by Gasteiger charge is -2.32. The zero-order valence-corrected chi connectivity index (χ0v) is 15.2. The van der Waals surface area contributed by atoms with Gasteiger partial charge in [-0.3, -0.25) is 10.0 Å². The number of ether oxygens (including phenoxy) is 1. The van der Waals surface area contributed by atoms with E-state index in [1.807, 2.05) is 0 Å². The number of benzene rings is 1. The van der Waals surface area contributed by atoms with Gasteiger partial charge in [-0.05, 0) is 62.4 Å². The zero-order valence-electron chi connectivity index (χ0n) is 15.2. The predicted molar refractivity (Wildman–Crippen MR) is 95.1 cm³/mol. The molecule has 6 nitrogen and oxygen atoms in total. The highest BCUT2D eigenvalue weighted by Crippen LogP contribution is 2.27. The van der Waals surface area contributed by atoms with E-state index in [1.165, 1.54) is 12.1 Å². The summed E-state index contributed by atoms with van der Waals surface area (Å²) in [4.78, 5) is 14.4. The Balaban J connectivity index is 1.97. The number of halogens is 1. The molecule has 0 saturated carbocycles. The number of carbonyl (C=O) groups is 1. The van der Waals surface area contributed by atoms with Crippen molar-refractivity contribution in [3.63, 3.8) is 0 Å². The Morgan fingerprint density at radius 1 is 1.42 bits per heavy atom. The second kappa shape index (κ2) is 10.6. The molecule has 26 heavy (non-hydrogen) atoms. The maximum absolute atomic E-state index is 13.1. The van der Waals surface area contributed by atoms with Crippen LogP contribution < -0.4 is 5.48 Å². The molecule has 0 aromatic heterocycles. The number of piperidine rings is 1. The lowest BCUT2D eigenvalue weighted by molar-refractivity contribution is -0.135. The highest BCUT2D eigenvalue weighted by Gasteiger charge is 2.26. The van der Waals surface area contributed by atoms with Gasteiger partial charge in [0, 0.05) is 26.2 Å². The molecular weight excluding hydrogens is 339 g/mol. The van der Waals surface area contributed by atoms with Gasteiger partial charge in [-0.2, -0.15) is 0 Å². The third kappa shape index (κ3) is 6.02. The van der Waals surface area contributed by atoms with Crippen LogP contribution in [0.4, 0.5) is 4.39 Å². The Hall–Kier alpha value is -1.54. The summed E-state index contributed by atoms with van der Waals surface area (Å²) in [5.74, 6) is -0.897. The molecule has 0 spiro atoms. The summed E-state index contributed by atoms with van der Waals surface area (Å²) in [6, 6.07) is 6.03. The minimum Gasteiger partial charge on any atom is -0.396 e. The molecule has 0 radical (unpaired) electrons. The molecular formula is C19H29FN2O4.